The van der Waals surface area contributed by atoms with E-state index in [0.717, 1.165) is 31.6 Å². The van der Waals surface area contributed by atoms with Gasteiger partial charge in [0.25, 0.3) is 0 Å². The quantitative estimate of drug-likeness (QED) is 0.589. The molecule has 0 heterocycles. The van der Waals surface area contributed by atoms with Crippen LogP contribution in [0.3, 0.4) is 0 Å². The van der Waals surface area contributed by atoms with E-state index in [0.29, 0.717) is 0 Å². The molecule has 0 amide bonds. The fourth-order valence-electron chi connectivity index (χ4n) is 0.680. The second-order valence-corrected chi connectivity index (χ2v) is 2.01. The molecule has 0 aromatic rings. The molecule has 0 fully saturated rings. The molecule has 0 saturated carbocycles. The van der Waals surface area contributed by atoms with Gasteiger partial charge >= 0.3 is 28.2 Å². The minimum atomic E-state index is 0.917. The van der Waals surface area contributed by atoms with Crippen LogP contribution in [0.25, 0.3) is 0 Å². The van der Waals surface area contributed by atoms with Crippen LogP contribution in [-0.2, 0) is 18.8 Å². The van der Waals surface area contributed by atoms with Crippen molar-refractivity contribution >= 4 is 9.42 Å². The Labute approximate surface area is 89.5 Å². The number of halogens is 1. The number of rotatable bonds is 0. The summed E-state index contributed by atoms with van der Waals surface area (Å²) < 4.78 is 0. The molecule has 0 atom stereocenters. The molecule has 2 aliphatic carbocycles. The summed E-state index contributed by atoms with van der Waals surface area (Å²) >= 11 is 0.917. The number of hydrogen-bond donors (Lipinski definition) is 0. The van der Waals surface area contributed by atoms with E-state index in [1.54, 1.807) is 0 Å². The van der Waals surface area contributed by atoms with Gasteiger partial charge in [0.1, 0.15) is 0 Å². The van der Waals surface area contributed by atoms with Gasteiger partial charge in [-0.1, -0.05) is 0 Å². The Morgan fingerprint density at radius 1 is 0.917 bits per heavy atom. The SMILES string of the molecule is [C-]1=CC=CC1.[C-]1=CC=CC1.[Cl][WH]. The van der Waals surface area contributed by atoms with Gasteiger partial charge in [0.05, 0.1) is 0 Å². The Kier molecular flexibility index (Phi) is 10.9. The van der Waals surface area contributed by atoms with Crippen molar-refractivity contribution in [3.05, 3.63) is 48.6 Å². The van der Waals surface area contributed by atoms with Crippen molar-refractivity contribution in [1.29, 1.82) is 0 Å². The standard InChI is InChI=1S/2C5H5.ClH.W.H/c2*1-2-4-5-3-1;;;/h2*1-3H,4H2;1H;;/q2*-1;;+1;/p-1. The minimum absolute atomic E-state index is 0.917. The van der Waals surface area contributed by atoms with Crippen LogP contribution in [0.5, 0.6) is 0 Å². The van der Waals surface area contributed by atoms with Gasteiger partial charge in [-0.05, 0) is 0 Å². The molecule has 0 unspecified atom stereocenters. The van der Waals surface area contributed by atoms with E-state index in [1.807, 2.05) is 24.3 Å². The van der Waals surface area contributed by atoms with Crippen LogP contribution in [0.4, 0.5) is 0 Å². The van der Waals surface area contributed by atoms with Gasteiger partial charge in [-0.2, -0.15) is 12.2 Å². The van der Waals surface area contributed by atoms with E-state index in [-0.39, 0.29) is 0 Å². The average Bonchev–Trinajstić information content (AvgIpc) is 2.87. The van der Waals surface area contributed by atoms with Gasteiger partial charge in [-0.25, -0.2) is 24.3 Å². The van der Waals surface area contributed by atoms with E-state index >= 15 is 0 Å². The molecule has 0 aliphatic heterocycles. The summed E-state index contributed by atoms with van der Waals surface area (Å²) in [6.45, 7) is 0. The maximum absolute atomic E-state index is 4.75. The van der Waals surface area contributed by atoms with Crippen molar-refractivity contribution in [1.82, 2.24) is 0 Å². The summed E-state index contributed by atoms with van der Waals surface area (Å²) in [6.07, 6.45) is 20.0. The molecule has 0 aromatic carbocycles. The third-order valence-electron chi connectivity index (χ3n) is 1.17. The zero-order chi connectivity index (χ0) is 9.07. The van der Waals surface area contributed by atoms with Crippen molar-refractivity contribution in [2.45, 2.75) is 12.8 Å². The molecule has 2 rings (SSSR count). The number of allylic oxidation sites excluding steroid dienone is 8. The zero-order valence-electron chi connectivity index (χ0n) is 6.70. The Morgan fingerprint density at radius 2 is 1.33 bits per heavy atom. The maximum atomic E-state index is 4.75. The first-order chi connectivity index (χ1) is 6.00. The molecule has 2 aliphatic rings. The normalized spacial score (nSPS) is 15.2. The van der Waals surface area contributed by atoms with Crippen LogP contribution in [-0.4, -0.2) is 0 Å². The predicted octanol–water partition coefficient (Wildman–Crippen LogP) is 3.03. The summed E-state index contributed by atoms with van der Waals surface area (Å²) in [4.78, 5) is 0. The Hall–Kier alpha value is -0.0617. The molecule has 0 N–H and O–H groups in total. The number of hydrogen-bond acceptors (Lipinski definition) is 0. The van der Waals surface area contributed by atoms with Crippen molar-refractivity contribution in [3.8, 4) is 0 Å². The van der Waals surface area contributed by atoms with Crippen molar-refractivity contribution in [2.24, 2.45) is 0 Å². The molecule has 0 spiro atoms. The van der Waals surface area contributed by atoms with Gasteiger partial charge < -0.3 is 0 Å². The first-order valence-electron chi connectivity index (χ1n) is 3.60. The fraction of sp³-hybridized carbons (Fsp3) is 0.200. The van der Waals surface area contributed by atoms with Crippen LogP contribution >= 0.6 is 9.42 Å². The molecule has 0 aromatic heterocycles. The van der Waals surface area contributed by atoms with Gasteiger partial charge in [-0.15, -0.1) is 12.8 Å². The summed E-state index contributed by atoms with van der Waals surface area (Å²) in [6, 6.07) is 0. The Morgan fingerprint density at radius 3 is 1.42 bits per heavy atom. The van der Waals surface area contributed by atoms with Gasteiger partial charge in [0.15, 0.2) is 0 Å². The van der Waals surface area contributed by atoms with Crippen molar-refractivity contribution in [2.75, 3.05) is 0 Å². The molecule has 2 heteroatoms. The van der Waals surface area contributed by atoms with Gasteiger partial charge in [-0.3, -0.25) is 12.2 Å². The van der Waals surface area contributed by atoms with Crippen molar-refractivity contribution < 1.29 is 18.8 Å². The summed E-state index contributed by atoms with van der Waals surface area (Å²) in [7, 11) is 4.75. The fourth-order valence-corrected chi connectivity index (χ4v) is 0.680. The molecular formula is C10H11ClW-2. The molecule has 12 heavy (non-hydrogen) atoms. The van der Waals surface area contributed by atoms with Crippen LogP contribution in [0.1, 0.15) is 12.8 Å². The topological polar surface area (TPSA) is 0 Å². The van der Waals surface area contributed by atoms with Crippen LogP contribution in [0, 0.1) is 12.2 Å². The van der Waals surface area contributed by atoms with Crippen LogP contribution < -0.4 is 0 Å². The van der Waals surface area contributed by atoms with Gasteiger partial charge in [0, 0.05) is 0 Å². The molecule has 0 saturated heterocycles. The van der Waals surface area contributed by atoms with E-state index in [9.17, 15) is 0 Å². The van der Waals surface area contributed by atoms with E-state index in [4.69, 9.17) is 9.42 Å². The van der Waals surface area contributed by atoms with E-state index in [1.165, 1.54) is 0 Å². The molecule has 0 nitrogen and oxygen atoms in total. The summed E-state index contributed by atoms with van der Waals surface area (Å²) in [5, 5.41) is 0. The van der Waals surface area contributed by atoms with Gasteiger partial charge in [0.2, 0.25) is 0 Å². The average molecular weight is 350 g/mol. The molecule has 0 bridgehead atoms. The first-order valence-corrected chi connectivity index (χ1v) is 7.59. The van der Waals surface area contributed by atoms with E-state index in [2.05, 4.69) is 24.3 Å². The summed E-state index contributed by atoms with van der Waals surface area (Å²) in [5.41, 5.74) is 0. The predicted molar refractivity (Wildman–Crippen MR) is 50.4 cm³/mol. The second-order valence-electron chi connectivity index (χ2n) is 2.01. The summed E-state index contributed by atoms with van der Waals surface area (Å²) in [5.74, 6) is 0. The zero-order valence-corrected chi connectivity index (χ0v) is 10.7. The van der Waals surface area contributed by atoms with E-state index < -0.39 is 0 Å². The second kappa shape index (κ2) is 10.9. The molecule has 0 radical (unpaired) electrons. The third-order valence-corrected chi connectivity index (χ3v) is 1.17. The van der Waals surface area contributed by atoms with Crippen LogP contribution in [0.2, 0.25) is 0 Å². The molecular weight excluding hydrogens is 339 g/mol. The third kappa shape index (κ3) is 8.04. The molecule has 66 valence electrons. The van der Waals surface area contributed by atoms with Crippen molar-refractivity contribution in [3.63, 3.8) is 0 Å². The van der Waals surface area contributed by atoms with Crippen LogP contribution in [0.15, 0.2) is 36.5 Å². The monoisotopic (exact) mass is 350 g/mol. The Balaban J connectivity index is 0.000000168. The first kappa shape index (κ1) is 11.9. The Bertz CT molecular complexity index is 148.